The van der Waals surface area contributed by atoms with Gasteiger partial charge in [0, 0.05) is 37.9 Å². The Kier molecular flexibility index (Phi) is 3.84. The van der Waals surface area contributed by atoms with Crippen LogP contribution in [-0.4, -0.2) is 33.8 Å². The first-order valence-corrected chi connectivity index (χ1v) is 6.57. The van der Waals surface area contributed by atoms with E-state index in [9.17, 15) is 0 Å². The summed E-state index contributed by atoms with van der Waals surface area (Å²) in [4.78, 5) is 2.52. The lowest BCUT2D eigenvalue weighted by Gasteiger charge is -2.36. The Balaban J connectivity index is 1.98. The summed E-state index contributed by atoms with van der Waals surface area (Å²) in [5, 5.41) is 4.40. The van der Waals surface area contributed by atoms with Gasteiger partial charge in [-0.2, -0.15) is 5.10 Å². The molecule has 1 aromatic heterocycles. The molecule has 0 spiro atoms. The van der Waals surface area contributed by atoms with E-state index in [0.717, 1.165) is 31.7 Å². The van der Waals surface area contributed by atoms with E-state index in [1.165, 1.54) is 12.0 Å². The van der Waals surface area contributed by atoms with Crippen LogP contribution >= 0.6 is 0 Å². The van der Waals surface area contributed by atoms with Crippen molar-refractivity contribution in [2.24, 2.45) is 18.7 Å². The van der Waals surface area contributed by atoms with Crippen LogP contribution in [0.25, 0.3) is 0 Å². The molecule has 0 radical (unpaired) electrons. The Morgan fingerprint density at radius 3 is 2.88 bits per heavy atom. The third-order valence-corrected chi connectivity index (χ3v) is 3.91. The summed E-state index contributed by atoms with van der Waals surface area (Å²) in [7, 11) is 1.98. The van der Waals surface area contributed by atoms with E-state index >= 15 is 0 Å². The zero-order chi connectivity index (χ0) is 12.4. The zero-order valence-corrected chi connectivity index (χ0v) is 11.2. The molecule has 0 amide bonds. The normalized spacial score (nSPS) is 26.4. The Hall–Kier alpha value is -0.870. The first-order valence-electron chi connectivity index (χ1n) is 6.57. The quantitative estimate of drug-likeness (QED) is 0.860. The van der Waals surface area contributed by atoms with Gasteiger partial charge in [-0.25, -0.2) is 0 Å². The van der Waals surface area contributed by atoms with E-state index in [-0.39, 0.29) is 0 Å². The molecule has 1 aliphatic heterocycles. The molecule has 1 saturated heterocycles. The number of nitrogens with two attached hydrogens (primary N) is 1. The second-order valence-corrected chi connectivity index (χ2v) is 5.27. The molecule has 1 aromatic rings. The molecule has 17 heavy (non-hydrogen) atoms. The summed E-state index contributed by atoms with van der Waals surface area (Å²) in [6.07, 6.45) is 4.44. The molecule has 2 atom stereocenters. The monoisotopic (exact) mass is 236 g/mol. The van der Waals surface area contributed by atoms with Gasteiger partial charge in [-0.05, 0) is 25.8 Å². The highest BCUT2D eigenvalue weighted by Crippen LogP contribution is 2.20. The number of rotatable bonds is 3. The second-order valence-electron chi connectivity index (χ2n) is 5.27. The molecule has 4 heteroatoms. The predicted molar refractivity (Wildman–Crippen MR) is 69.6 cm³/mol. The van der Waals surface area contributed by atoms with Crippen molar-refractivity contribution in [2.75, 3.05) is 13.1 Å². The van der Waals surface area contributed by atoms with Gasteiger partial charge in [0.15, 0.2) is 0 Å². The van der Waals surface area contributed by atoms with Crippen LogP contribution in [0.4, 0.5) is 0 Å². The lowest BCUT2D eigenvalue weighted by Crippen LogP contribution is -2.46. The number of likely N-dealkylation sites (tertiary alicyclic amines) is 1. The minimum atomic E-state index is 0.395. The summed E-state index contributed by atoms with van der Waals surface area (Å²) >= 11 is 0. The van der Waals surface area contributed by atoms with E-state index in [2.05, 4.69) is 30.0 Å². The minimum absolute atomic E-state index is 0.395. The summed E-state index contributed by atoms with van der Waals surface area (Å²) in [6, 6.07) is 0.395. The van der Waals surface area contributed by atoms with Crippen molar-refractivity contribution in [3.05, 3.63) is 17.5 Å². The molecule has 2 N–H and O–H groups in total. The molecule has 0 saturated carbocycles. The van der Waals surface area contributed by atoms with Crippen molar-refractivity contribution < 1.29 is 0 Å². The number of aromatic nitrogens is 2. The van der Waals surface area contributed by atoms with E-state index in [1.54, 1.807) is 0 Å². The van der Waals surface area contributed by atoms with Crippen LogP contribution in [-0.2, 0) is 13.6 Å². The molecule has 0 aliphatic carbocycles. The van der Waals surface area contributed by atoms with Gasteiger partial charge in [0.25, 0.3) is 0 Å². The highest BCUT2D eigenvalue weighted by molar-refractivity contribution is 5.15. The first-order chi connectivity index (χ1) is 8.10. The number of hydrogen-bond donors (Lipinski definition) is 1. The highest BCUT2D eigenvalue weighted by Gasteiger charge is 2.25. The number of aryl methyl sites for hydroxylation is 2. The van der Waals surface area contributed by atoms with Crippen molar-refractivity contribution in [1.29, 1.82) is 0 Å². The fourth-order valence-electron chi connectivity index (χ4n) is 2.75. The molecule has 2 unspecified atom stereocenters. The molecule has 4 nitrogen and oxygen atoms in total. The number of piperidine rings is 1. The first kappa shape index (κ1) is 12.6. The van der Waals surface area contributed by atoms with Crippen LogP contribution in [0.15, 0.2) is 6.20 Å². The summed E-state index contributed by atoms with van der Waals surface area (Å²) in [5.74, 6) is 0.653. The lowest BCUT2D eigenvalue weighted by molar-refractivity contribution is 0.145. The van der Waals surface area contributed by atoms with Gasteiger partial charge < -0.3 is 5.73 Å². The van der Waals surface area contributed by atoms with Crippen molar-refractivity contribution in [3.8, 4) is 0 Å². The summed E-state index contributed by atoms with van der Waals surface area (Å²) in [6.45, 7) is 7.59. The van der Waals surface area contributed by atoms with E-state index in [4.69, 9.17) is 5.73 Å². The fraction of sp³-hybridized carbons (Fsp3) is 0.769. The van der Waals surface area contributed by atoms with Gasteiger partial charge in [-0.1, -0.05) is 13.3 Å². The molecular weight excluding hydrogens is 212 g/mol. The summed E-state index contributed by atoms with van der Waals surface area (Å²) in [5.41, 5.74) is 8.63. The van der Waals surface area contributed by atoms with E-state index < -0.39 is 0 Å². The van der Waals surface area contributed by atoms with Gasteiger partial charge in [0.2, 0.25) is 0 Å². The van der Waals surface area contributed by atoms with Gasteiger partial charge >= 0.3 is 0 Å². The molecule has 1 fully saturated rings. The zero-order valence-electron chi connectivity index (χ0n) is 11.2. The van der Waals surface area contributed by atoms with Gasteiger partial charge in [-0.3, -0.25) is 9.58 Å². The van der Waals surface area contributed by atoms with Gasteiger partial charge in [-0.15, -0.1) is 0 Å². The van der Waals surface area contributed by atoms with Crippen LogP contribution < -0.4 is 5.73 Å². The predicted octanol–water partition coefficient (Wildman–Crippen LogP) is 1.29. The van der Waals surface area contributed by atoms with Crippen molar-refractivity contribution in [1.82, 2.24) is 14.7 Å². The molecule has 2 heterocycles. The third-order valence-electron chi connectivity index (χ3n) is 3.91. The van der Waals surface area contributed by atoms with E-state index in [1.807, 2.05) is 11.7 Å². The smallest absolute Gasteiger partial charge is 0.0638 e. The topological polar surface area (TPSA) is 47.1 Å². The van der Waals surface area contributed by atoms with Gasteiger partial charge in [0.1, 0.15) is 0 Å². The lowest BCUT2D eigenvalue weighted by atomic mass is 9.90. The van der Waals surface area contributed by atoms with Crippen molar-refractivity contribution in [3.63, 3.8) is 0 Å². The Morgan fingerprint density at radius 2 is 2.29 bits per heavy atom. The maximum Gasteiger partial charge on any atom is 0.0638 e. The molecule has 0 bridgehead atoms. The van der Waals surface area contributed by atoms with E-state index in [0.29, 0.717) is 12.0 Å². The van der Waals surface area contributed by atoms with Crippen LogP contribution in [0.5, 0.6) is 0 Å². The number of nitrogens with zero attached hydrogens (tertiary/aromatic N) is 3. The minimum Gasteiger partial charge on any atom is -0.327 e. The third kappa shape index (κ3) is 2.87. The summed E-state index contributed by atoms with van der Waals surface area (Å²) < 4.78 is 1.90. The van der Waals surface area contributed by atoms with Crippen LogP contribution in [0.1, 0.15) is 31.0 Å². The average molecular weight is 236 g/mol. The van der Waals surface area contributed by atoms with Crippen LogP contribution in [0.2, 0.25) is 0 Å². The standard InChI is InChI=1S/C13H24N4/c1-4-11-8-17(6-5-13(11)14)9-12-7-16(3)15-10(12)2/h7,11,13H,4-6,8-9,14H2,1-3H3. The molecule has 0 aromatic carbocycles. The SMILES string of the molecule is CCC1CN(Cc2cn(C)nc2C)CCC1N. The highest BCUT2D eigenvalue weighted by atomic mass is 15.3. The van der Waals surface area contributed by atoms with Crippen molar-refractivity contribution in [2.45, 2.75) is 39.3 Å². The maximum atomic E-state index is 6.14. The maximum absolute atomic E-state index is 6.14. The molecule has 1 aliphatic rings. The number of hydrogen-bond acceptors (Lipinski definition) is 3. The van der Waals surface area contributed by atoms with Crippen molar-refractivity contribution >= 4 is 0 Å². The molecule has 96 valence electrons. The molecular formula is C13H24N4. The Labute approximate surface area is 104 Å². The molecule has 2 rings (SSSR count). The van der Waals surface area contributed by atoms with Crippen LogP contribution in [0.3, 0.4) is 0 Å². The Bertz CT molecular complexity index is 371. The Morgan fingerprint density at radius 1 is 1.53 bits per heavy atom. The van der Waals surface area contributed by atoms with Crippen LogP contribution in [0, 0.1) is 12.8 Å². The van der Waals surface area contributed by atoms with Gasteiger partial charge in [0.05, 0.1) is 5.69 Å². The average Bonchev–Trinajstić information content (AvgIpc) is 2.60. The largest absolute Gasteiger partial charge is 0.327 e. The second kappa shape index (κ2) is 5.19. The fourth-order valence-corrected chi connectivity index (χ4v) is 2.75.